The molecule has 1 aliphatic heterocycles. The molecule has 1 saturated heterocycles. The Morgan fingerprint density at radius 3 is 3.07 bits per heavy atom. The summed E-state index contributed by atoms with van der Waals surface area (Å²) in [7, 11) is 0. The summed E-state index contributed by atoms with van der Waals surface area (Å²) < 4.78 is 5.24. The van der Waals surface area contributed by atoms with Crippen molar-refractivity contribution in [3.8, 4) is 0 Å². The molecule has 0 aromatic carbocycles. The minimum atomic E-state index is -0.171. The van der Waals surface area contributed by atoms with Crippen LogP contribution in [0, 0.1) is 5.92 Å². The number of carbonyl (C=O) groups excluding carboxylic acids is 1. The van der Waals surface area contributed by atoms with Crippen LogP contribution in [0.25, 0.3) is 0 Å². The first-order chi connectivity index (χ1) is 7.36. The lowest BCUT2D eigenvalue weighted by Gasteiger charge is -2.21. The van der Waals surface area contributed by atoms with E-state index in [9.17, 15) is 4.79 Å². The molecule has 2 N–H and O–H groups in total. The van der Waals surface area contributed by atoms with Crippen molar-refractivity contribution < 1.29 is 9.53 Å². The average Bonchev–Trinajstić information content (AvgIpc) is 2.81. The van der Waals surface area contributed by atoms with Gasteiger partial charge in [-0.2, -0.15) is 15.4 Å². The number of carbonyl (C=O) groups is 1. The predicted octanol–water partition coefficient (Wildman–Crippen LogP) is -0.0389. The second-order valence-corrected chi connectivity index (χ2v) is 3.62. The van der Waals surface area contributed by atoms with Gasteiger partial charge in [-0.25, -0.2) is 0 Å². The summed E-state index contributed by atoms with van der Waals surface area (Å²) in [6, 6.07) is 0. The lowest BCUT2D eigenvalue weighted by atomic mass is 10.0. The van der Waals surface area contributed by atoms with E-state index in [1.807, 2.05) is 0 Å². The van der Waals surface area contributed by atoms with Gasteiger partial charge in [-0.05, 0) is 18.8 Å². The van der Waals surface area contributed by atoms with Gasteiger partial charge in [-0.15, -0.1) is 0 Å². The zero-order valence-electron chi connectivity index (χ0n) is 8.40. The average molecular weight is 210 g/mol. The number of aromatic amines is 1. The predicted molar refractivity (Wildman–Crippen MR) is 52.3 cm³/mol. The Hall–Kier alpha value is -1.43. The van der Waals surface area contributed by atoms with Crippen LogP contribution in [0.1, 0.15) is 23.3 Å². The fourth-order valence-corrected chi connectivity index (χ4v) is 1.59. The van der Waals surface area contributed by atoms with Gasteiger partial charge in [0.1, 0.15) is 0 Å². The molecular weight excluding hydrogens is 196 g/mol. The van der Waals surface area contributed by atoms with Gasteiger partial charge in [0, 0.05) is 19.8 Å². The maximum absolute atomic E-state index is 11.5. The van der Waals surface area contributed by atoms with Gasteiger partial charge in [-0.3, -0.25) is 4.79 Å². The van der Waals surface area contributed by atoms with Crippen molar-refractivity contribution in [3.05, 3.63) is 11.9 Å². The van der Waals surface area contributed by atoms with Gasteiger partial charge in [0.15, 0.2) is 5.69 Å². The van der Waals surface area contributed by atoms with E-state index in [2.05, 4.69) is 20.7 Å². The van der Waals surface area contributed by atoms with Crippen molar-refractivity contribution in [2.75, 3.05) is 19.8 Å². The van der Waals surface area contributed by atoms with Gasteiger partial charge in [0.05, 0.1) is 6.20 Å². The molecule has 1 aromatic rings. The number of hydrogen-bond donors (Lipinski definition) is 2. The Bertz CT molecular complexity index is 306. The maximum Gasteiger partial charge on any atom is 0.273 e. The van der Waals surface area contributed by atoms with Crippen LogP contribution in [-0.4, -0.2) is 41.1 Å². The lowest BCUT2D eigenvalue weighted by molar-refractivity contribution is 0.0642. The summed E-state index contributed by atoms with van der Waals surface area (Å²) in [6.07, 6.45) is 3.44. The van der Waals surface area contributed by atoms with Crippen LogP contribution in [0.2, 0.25) is 0 Å². The molecule has 2 rings (SSSR count). The first-order valence-corrected chi connectivity index (χ1v) is 5.08. The van der Waals surface area contributed by atoms with Crippen LogP contribution >= 0.6 is 0 Å². The quantitative estimate of drug-likeness (QED) is 0.733. The second kappa shape index (κ2) is 4.88. The van der Waals surface area contributed by atoms with Crippen molar-refractivity contribution in [3.63, 3.8) is 0 Å². The molecule has 2 heterocycles. The van der Waals surface area contributed by atoms with Crippen molar-refractivity contribution >= 4 is 5.91 Å². The van der Waals surface area contributed by atoms with Crippen molar-refractivity contribution in [2.24, 2.45) is 5.92 Å². The summed E-state index contributed by atoms with van der Waals surface area (Å²) in [5.41, 5.74) is 0.335. The highest BCUT2D eigenvalue weighted by Gasteiger charge is 2.15. The van der Waals surface area contributed by atoms with E-state index in [0.29, 0.717) is 18.2 Å². The fraction of sp³-hybridized carbons (Fsp3) is 0.667. The number of hydrogen-bond acceptors (Lipinski definition) is 4. The van der Waals surface area contributed by atoms with Crippen LogP contribution in [-0.2, 0) is 4.74 Å². The number of aromatic nitrogens is 3. The molecule has 82 valence electrons. The third-order valence-electron chi connectivity index (χ3n) is 2.54. The van der Waals surface area contributed by atoms with Gasteiger partial charge in [-0.1, -0.05) is 0 Å². The smallest absolute Gasteiger partial charge is 0.273 e. The van der Waals surface area contributed by atoms with Gasteiger partial charge >= 0.3 is 0 Å². The van der Waals surface area contributed by atoms with E-state index in [4.69, 9.17) is 4.74 Å². The molecule has 0 unspecified atom stereocenters. The summed E-state index contributed by atoms with van der Waals surface area (Å²) >= 11 is 0. The first-order valence-electron chi connectivity index (χ1n) is 5.08. The zero-order valence-corrected chi connectivity index (χ0v) is 8.40. The Morgan fingerprint density at radius 1 is 1.60 bits per heavy atom. The fourth-order valence-electron chi connectivity index (χ4n) is 1.59. The molecule has 6 heteroatoms. The third kappa shape index (κ3) is 2.76. The largest absolute Gasteiger partial charge is 0.381 e. The third-order valence-corrected chi connectivity index (χ3v) is 2.54. The Kier molecular flexibility index (Phi) is 3.29. The minimum Gasteiger partial charge on any atom is -0.381 e. The normalized spacial score (nSPS) is 17.6. The van der Waals surface area contributed by atoms with Crippen LogP contribution in [0.3, 0.4) is 0 Å². The van der Waals surface area contributed by atoms with Crippen molar-refractivity contribution in [2.45, 2.75) is 12.8 Å². The van der Waals surface area contributed by atoms with E-state index in [1.54, 1.807) is 0 Å². The van der Waals surface area contributed by atoms with E-state index in [-0.39, 0.29) is 5.91 Å². The zero-order chi connectivity index (χ0) is 10.5. The molecule has 0 aliphatic carbocycles. The standard InChI is InChI=1S/C9H14N4O2/c14-9(8-6-11-13-12-8)10-5-7-1-3-15-4-2-7/h6-7H,1-5H2,(H,10,14)(H,11,12,13). The monoisotopic (exact) mass is 210 g/mol. The molecule has 15 heavy (non-hydrogen) atoms. The Balaban J connectivity index is 1.75. The van der Waals surface area contributed by atoms with E-state index in [1.165, 1.54) is 6.20 Å². The molecule has 0 atom stereocenters. The van der Waals surface area contributed by atoms with Crippen molar-refractivity contribution in [1.29, 1.82) is 0 Å². The number of nitrogens with zero attached hydrogens (tertiary/aromatic N) is 2. The van der Waals surface area contributed by atoms with Gasteiger partial charge < -0.3 is 10.1 Å². The molecule has 1 aromatic heterocycles. The SMILES string of the molecule is O=C(NCC1CCOCC1)c1cn[nH]n1. The van der Waals surface area contributed by atoms with E-state index in [0.717, 1.165) is 26.1 Å². The van der Waals surface area contributed by atoms with Crippen LogP contribution < -0.4 is 5.32 Å². The first kappa shape index (κ1) is 10.1. The highest BCUT2D eigenvalue weighted by molar-refractivity contribution is 5.91. The number of rotatable bonds is 3. The molecule has 0 saturated carbocycles. The summed E-state index contributed by atoms with van der Waals surface area (Å²) in [6.45, 7) is 2.28. The maximum atomic E-state index is 11.5. The molecule has 0 radical (unpaired) electrons. The van der Waals surface area contributed by atoms with Crippen LogP contribution in [0.5, 0.6) is 0 Å². The van der Waals surface area contributed by atoms with Crippen molar-refractivity contribution in [1.82, 2.24) is 20.7 Å². The summed E-state index contributed by atoms with van der Waals surface area (Å²) in [5, 5.41) is 12.5. The number of ether oxygens (including phenoxy) is 1. The molecule has 6 nitrogen and oxygen atoms in total. The lowest BCUT2D eigenvalue weighted by Crippen LogP contribution is -2.32. The second-order valence-electron chi connectivity index (χ2n) is 3.62. The number of amides is 1. The minimum absolute atomic E-state index is 0.171. The molecule has 1 aliphatic rings. The van der Waals surface area contributed by atoms with Crippen LogP contribution in [0.4, 0.5) is 0 Å². The van der Waals surface area contributed by atoms with Gasteiger partial charge in [0.2, 0.25) is 0 Å². The molecule has 0 bridgehead atoms. The van der Waals surface area contributed by atoms with E-state index < -0.39 is 0 Å². The van der Waals surface area contributed by atoms with E-state index >= 15 is 0 Å². The molecule has 0 spiro atoms. The Labute approximate surface area is 87.4 Å². The summed E-state index contributed by atoms with van der Waals surface area (Å²) in [4.78, 5) is 11.5. The molecular formula is C9H14N4O2. The Morgan fingerprint density at radius 2 is 2.40 bits per heavy atom. The van der Waals surface area contributed by atoms with Gasteiger partial charge in [0.25, 0.3) is 5.91 Å². The highest BCUT2D eigenvalue weighted by Crippen LogP contribution is 2.13. The molecule has 1 amide bonds. The molecule has 1 fully saturated rings. The number of H-pyrrole nitrogens is 1. The summed E-state index contributed by atoms with van der Waals surface area (Å²) in [5.74, 6) is 0.352. The number of nitrogens with one attached hydrogen (secondary N) is 2. The highest BCUT2D eigenvalue weighted by atomic mass is 16.5. The van der Waals surface area contributed by atoms with Crippen LogP contribution in [0.15, 0.2) is 6.20 Å². The topological polar surface area (TPSA) is 79.9 Å².